The van der Waals surface area contributed by atoms with Crippen molar-refractivity contribution < 1.29 is 4.74 Å². The van der Waals surface area contributed by atoms with Crippen molar-refractivity contribution in [1.82, 2.24) is 15.0 Å². The SMILES string of the molecule is CNc1nc(N2CCOCC2)ccc1Nc1nc(N)ncc1Cl. The standard InChI is InChI=1S/C14H18ClN7O/c1-17-13-10(19-12-9(15)8-18-14(16)21-12)2-3-11(20-13)22-4-6-23-7-5-22/h2-3,8H,4-7H2,1H3,(H,17,20)(H3,16,18,19,21). The highest BCUT2D eigenvalue weighted by molar-refractivity contribution is 6.32. The molecule has 3 heterocycles. The first kappa shape index (κ1) is 15.6. The molecule has 1 aliphatic rings. The van der Waals surface area contributed by atoms with Crippen molar-refractivity contribution in [3.8, 4) is 0 Å². The quantitative estimate of drug-likeness (QED) is 0.776. The van der Waals surface area contributed by atoms with Crippen LogP contribution < -0.4 is 21.3 Å². The van der Waals surface area contributed by atoms with Crippen LogP contribution in [0.25, 0.3) is 0 Å². The summed E-state index contributed by atoms with van der Waals surface area (Å²) in [6.07, 6.45) is 1.46. The molecule has 0 radical (unpaired) electrons. The van der Waals surface area contributed by atoms with E-state index in [2.05, 4.69) is 30.5 Å². The largest absolute Gasteiger partial charge is 0.378 e. The van der Waals surface area contributed by atoms with Crippen LogP contribution in [0.3, 0.4) is 0 Å². The molecule has 0 unspecified atom stereocenters. The van der Waals surface area contributed by atoms with Crippen LogP contribution in [0.15, 0.2) is 18.3 Å². The van der Waals surface area contributed by atoms with Crippen molar-refractivity contribution in [2.75, 3.05) is 54.6 Å². The van der Waals surface area contributed by atoms with Crippen LogP contribution in [0.5, 0.6) is 0 Å². The molecule has 23 heavy (non-hydrogen) atoms. The van der Waals surface area contributed by atoms with Crippen LogP contribution in [0.4, 0.5) is 29.1 Å². The molecule has 1 aliphatic heterocycles. The predicted molar refractivity (Wildman–Crippen MR) is 91.6 cm³/mol. The summed E-state index contributed by atoms with van der Waals surface area (Å²) in [6.45, 7) is 3.09. The zero-order valence-corrected chi connectivity index (χ0v) is 13.5. The van der Waals surface area contributed by atoms with Crippen LogP contribution in [0.2, 0.25) is 5.02 Å². The zero-order chi connectivity index (χ0) is 16.2. The number of aromatic nitrogens is 3. The highest BCUT2D eigenvalue weighted by Gasteiger charge is 2.15. The molecule has 3 rings (SSSR count). The Bertz CT molecular complexity index is 691. The second-order valence-electron chi connectivity index (χ2n) is 4.96. The van der Waals surface area contributed by atoms with Crippen molar-refractivity contribution in [2.45, 2.75) is 0 Å². The second-order valence-corrected chi connectivity index (χ2v) is 5.37. The Labute approximate surface area is 139 Å². The van der Waals surface area contributed by atoms with Crippen molar-refractivity contribution in [1.29, 1.82) is 0 Å². The molecule has 1 saturated heterocycles. The van der Waals surface area contributed by atoms with Gasteiger partial charge in [0.05, 0.1) is 25.1 Å². The van der Waals surface area contributed by atoms with Gasteiger partial charge >= 0.3 is 0 Å². The van der Waals surface area contributed by atoms with Crippen LogP contribution in [-0.2, 0) is 4.74 Å². The molecule has 1 fully saturated rings. The van der Waals surface area contributed by atoms with Crippen LogP contribution in [0.1, 0.15) is 0 Å². The molecule has 122 valence electrons. The van der Waals surface area contributed by atoms with Crippen molar-refractivity contribution >= 4 is 40.7 Å². The van der Waals surface area contributed by atoms with E-state index in [1.165, 1.54) is 6.20 Å². The van der Waals surface area contributed by atoms with Gasteiger partial charge in [0.15, 0.2) is 11.6 Å². The third-order valence-corrected chi connectivity index (χ3v) is 3.74. The third-order valence-electron chi connectivity index (χ3n) is 3.47. The highest BCUT2D eigenvalue weighted by Crippen LogP contribution is 2.29. The van der Waals surface area contributed by atoms with E-state index < -0.39 is 0 Å². The number of morpholine rings is 1. The number of ether oxygens (including phenoxy) is 1. The zero-order valence-electron chi connectivity index (χ0n) is 12.7. The summed E-state index contributed by atoms with van der Waals surface area (Å²) in [4.78, 5) is 14.8. The molecule has 0 spiro atoms. The van der Waals surface area contributed by atoms with Gasteiger partial charge in [-0.05, 0) is 12.1 Å². The van der Waals surface area contributed by atoms with E-state index in [-0.39, 0.29) is 5.95 Å². The van der Waals surface area contributed by atoms with Crippen LogP contribution in [-0.4, -0.2) is 48.3 Å². The number of halogens is 1. The third kappa shape index (κ3) is 3.54. The van der Waals surface area contributed by atoms with Gasteiger partial charge in [0.1, 0.15) is 10.8 Å². The summed E-state index contributed by atoms with van der Waals surface area (Å²) in [7, 11) is 1.81. The molecule has 2 aromatic heterocycles. The maximum absolute atomic E-state index is 6.09. The number of rotatable bonds is 4. The average molecular weight is 336 g/mol. The second kappa shape index (κ2) is 6.84. The van der Waals surface area contributed by atoms with Gasteiger partial charge in [0, 0.05) is 20.1 Å². The Hall–Kier alpha value is -2.32. The van der Waals surface area contributed by atoms with Crippen molar-refractivity contribution in [3.63, 3.8) is 0 Å². The lowest BCUT2D eigenvalue weighted by molar-refractivity contribution is 0.122. The summed E-state index contributed by atoms with van der Waals surface area (Å²) >= 11 is 6.09. The Morgan fingerprint density at radius 2 is 2.00 bits per heavy atom. The molecular weight excluding hydrogens is 318 g/mol. The highest BCUT2D eigenvalue weighted by atomic mass is 35.5. The van der Waals surface area contributed by atoms with E-state index in [1.54, 1.807) is 0 Å². The molecule has 4 N–H and O–H groups in total. The molecule has 0 aromatic carbocycles. The van der Waals surface area contributed by atoms with Gasteiger partial charge in [0.2, 0.25) is 5.95 Å². The summed E-state index contributed by atoms with van der Waals surface area (Å²) in [5.74, 6) is 2.19. The summed E-state index contributed by atoms with van der Waals surface area (Å²) in [5, 5.41) is 6.60. The number of hydrogen-bond donors (Lipinski definition) is 3. The first-order valence-electron chi connectivity index (χ1n) is 7.24. The number of nitrogens with zero attached hydrogens (tertiary/aromatic N) is 4. The molecule has 2 aromatic rings. The van der Waals surface area contributed by atoms with Gasteiger partial charge < -0.3 is 26.0 Å². The number of hydrogen-bond acceptors (Lipinski definition) is 8. The number of nitrogens with two attached hydrogens (primary N) is 1. The number of nitrogen functional groups attached to an aromatic ring is 1. The fourth-order valence-electron chi connectivity index (χ4n) is 2.30. The number of pyridine rings is 1. The molecule has 0 amide bonds. The lowest BCUT2D eigenvalue weighted by Crippen LogP contribution is -2.36. The minimum atomic E-state index is 0.154. The minimum Gasteiger partial charge on any atom is -0.378 e. The van der Waals surface area contributed by atoms with E-state index in [4.69, 9.17) is 22.1 Å². The van der Waals surface area contributed by atoms with E-state index in [1.807, 2.05) is 19.2 Å². The smallest absolute Gasteiger partial charge is 0.222 e. The first-order valence-corrected chi connectivity index (χ1v) is 7.61. The Balaban J connectivity index is 1.86. The molecule has 8 nitrogen and oxygen atoms in total. The molecular formula is C14H18ClN7O. The summed E-state index contributed by atoms with van der Waals surface area (Å²) in [5.41, 5.74) is 6.36. The first-order chi connectivity index (χ1) is 11.2. The van der Waals surface area contributed by atoms with E-state index in [0.29, 0.717) is 29.9 Å². The topological polar surface area (TPSA) is 101 Å². The summed E-state index contributed by atoms with van der Waals surface area (Å²) < 4.78 is 5.37. The Morgan fingerprint density at radius 3 is 2.74 bits per heavy atom. The van der Waals surface area contributed by atoms with Gasteiger partial charge in [-0.25, -0.2) is 9.97 Å². The van der Waals surface area contributed by atoms with Crippen molar-refractivity contribution in [2.24, 2.45) is 0 Å². The van der Waals surface area contributed by atoms with Gasteiger partial charge in [-0.15, -0.1) is 0 Å². The van der Waals surface area contributed by atoms with Crippen molar-refractivity contribution in [3.05, 3.63) is 23.4 Å². The fourth-order valence-corrected chi connectivity index (χ4v) is 2.44. The maximum atomic E-state index is 6.09. The summed E-state index contributed by atoms with van der Waals surface area (Å²) in [6, 6.07) is 3.88. The molecule has 9 heteroatoms. The average Bonchev–Trinajstić information content (AvgIpc) is 2.59. The molecule has 0 saturated carbocycles. The van der Waals surface area contributed by atoms with Gasteiger partial charge in [-0.1, -0.05) is 11.6 Å². The van der Waals surface area contributed by atoms with E-state index in [0.717, 1.165) is 24.6 Å². The number of anilines is 5. The van der Waals surface area contributed by atoms with Gasteiger partial charge in [0.25, 0.3) is 0 Å². The lowest BCUT2D eigenvalue weighted by Gasteiger charge is -2.28. The molecule has 0 aliphatic carbocycles. The monoisotopic (exact) mass is 335 g/mol. The predicted octanol–water partition coefficient (Wildman–Crippen LogP) is 1.73. The normalized spacial score (nSPS) is 14.6. The number of nitrogens with one attached hydrogen (secondary N) is 2. The van der Waals surface area contributed by atoms with Gasteiger partial charge in [-0.2, -0.15) is 4.98 Å². The Morgan fingerprint density at radius 1 is 1.22 bits per heavy atom. The maximum Gasteiger partial charge on any atom is 0.222 e. The fraction of sp³-hybridized carbons (Fsp3) is 0.357. The minimum absolute atomic E-state index is 0.154. The van der Waals surface area contributed by atoms with Crippen LogP contribution >= 0.6 is 11.6 Å². The Kier molecular flexibility index (Phi) is 4.63. The molecule has 0 bridgehead atoms. The van der Waals surface area contributed by atoms with E-state index >= 15 is 0 Å². The van der Waals surface area contributed by atoms with Gasteiger partial charge in [-0.3, -0.25) is 0 Å². The lowest BCUT2D eigenvalue weighted by atomic mass is 10.3. The van der Waals surface area contributed by atoms with E-state index in [9.17, 15) is 0 Å². The van der Waals surface area contributed by atoms with Crippen LogP contribution in [0, 0.1) is 0 Å². The molecule has 0 atom stereocenters.